The summed E-state index contributed by atoms with van der Waals surface area (Å²) in [5.41, 5.74) is 3.14. The lowest BCUT2D eigenvalue weighted by molar-refractivity contribution is -0.192. The molecule has 0 radical (unpaired) electrons. The van der Waals surface area contributed by atoms with Gasteiger partial charge in [0.2, 0.25) is 5.79 Å². The fourth-order valence-electron chi connectivity index (χ4n) is 6.19. The zero-order valence-electron chi connectivity index (χ0n) is 27.6. The smallest absolute Gasteiger partial charge is 0.351 e. The van der Waals surface area contributed by atoms with Crippen molar-refractivity contribution >= 4 is 40.4 Å². The minimum Gasteiger partial charge on any atom is -0.491 e. The van der Waals surface area contributed by atoms with Crippen LogP contribution in [-0.4, -0.2) is 80.6 Å². The maximum absolute atomic E-state index is 12.8. The number of hydrogen-bond acceptors (Lipinski definition) is 10. The van der Waals surface area contributed by atoms with Crippen LogP contribution in [0.15, 0.2) is 90.2 Å². The monoisotopic (exact) mass is 718 g/mol. The quantitative estimate of drug-likeness (QED) is 0.189. The van der Waals surface area contributed by atoms with E-state index in [4.69, 9.17) is 37.4 Å². The van der Waals surface area contributed by atoms with Crippen molar-refractivity contribution in [2.24, 2.45) is 0 Å². The highest BCUT2D eigenvalue weighted by Gasteiger charge is 2.46. The maximum Gasteiger partial charge on any atom is 0.351 e. The Morgan fingerprint density at radius 3 is 2.16 bits per heavy atom. The summed E-state index contributed by atoms with van der Waals surface area (Å²) in [6.45, 7) is 7.33. The van der Waals surface area contributed by atoms with Crippen LogP contribution >= 0.6 is 23.2 Å². The highest BCUT2D eigenvalue weighted by atomic mass is 35.5. The molecule has 5 aromatic rings. The molecule has 3 atom stereocenters. The highest BCUT2D eigenvalue weighted by Crippen LogP contribution is 2.40. The van der Waals surface area contributed by atoms with Crippen molar-refractivity contribution in [2.75, 3.05) is 49.2 Å². The third-order valence-corrected chi connectivity index (χ3v) is 9.64. The van der Waals surface area contributed by atoms with E-state index in [-0.39, 0.29) is 30.7 Å². The topological polar surface area (TPSA) is 122 Å². The second kappa shape index (κ2) is 14.3. The van der Waals surface area contributed by atoms with Crippen LogP contribution < -0.4 is 20.2 Å². The third kappa shape index (κ3) is 6.99. The van der Waals surface area contributed by atoms with E-state index in [9.17, 15) is 9.59 Å². The average molecular weight is 720 g/mol. The van der Waals surface area contributed by atoms with Crippen LogP contribution in [0.3, 0.4) is 0 Å². The molecule has 1 unspecified atom stereocenters. The number of hydrogen-bond donors (Lipinski definition) is 0. The van der Waals surface area contributed by atoms with Crippen LogP contribution in [0, 0.1) is 0 Å². The van der Waals surface area contributed by atoms with Crippen LogP contribution in [0.4, 0.5) is 11.4 Å². The van der Waals surface area contributed by atoms with E-state index in [0.717, 1.165) is 43.3 Å². The van der Waals surface area contributed by atoms with Crippen molar-refractivity contribution in [3.63, 3.8) is 0 Å². The molecule has 0 bridgehead atoms. The van der Waals surface area contributed by atoms with Gasteiger partial charge >= 0.3 is 5.69 Å². The minimum absolute atomic E-state index is 0.0969. The number of rotatable bonds is 11. The number of ketones is 1. The number of ether oxygens (including phenoxy) is 3. The molecule has 0 spiro atoms. The molecule has 2 aliphatic heterocycles. The van der Waals surface area contributed by atoms with E-state index >= 15 is 0 Å². The van der Waals surface area contributed by atoms with Gasteiger partial charge in [-0.25, -0.2) is 4.79 Å². The summed E-state index contributed by atoms with van der Waals surface area (Å²) in [6, 6.07) is 20.5. The van der Waals surface area contributed by atoms with Crippen LogP contribution in [0.5, 0.6) is 5.75 Å². The Hall–Kier alpha value is -4.69. The standard InChI is InChI=1S/C35H36Cl2N8O5/c1-24(25(2)46)43-23-40-45(34(43)47)29-6-4-27(5-7-29)41-15-17-42(18-16-41)28-8-10-30(11-9-28)48-20-31-21-49-35(50-31,22-44-38-13-14-39-44)32-12-3-26(36)19-33(32)37/h3-14,19,23-24,31H,15-18,20-22H2,1-2H3/t24?,31-,35-/m1/s1. The van der Waals surface area contributed by atoms with Gasteiger partial charge < -0.3 is 24.0 Å². The van der Waals surface area contributed by atoms with Crippen molar-refractivity contribution in [1.82, 2.24) is 29.3 Å². The van der Waals surface area contributed by atoms with Gasteiger partial charge in [-0.15, -0.1) is 0 Å². The number of carbonyl (C=O) groups is 1. The number of carbonyl (C=O) groups excluding carboxylic acids is 1. The lowest BCUT2D eigenvalue weighted by Crippen LogP contribution is -2.46. The molecule has 15 heteroatoms. The van der Waals surface area contributed by atoms with Crippen LogP contribution in [0.1, 0.15) is 25.5 Å². The van der Waals surface area contributed by atoms with Crippen molar-refractivity contribution < 1.29 is 19.0 Å². The highest BCUT2D eigenvalue weighted by molar-refractivity contribution is 6.35. The Balaban J connectivity index is 0.925. The molecule has 4 heterocycles. The fraction of sp³-hybridized carbons (Fsp3) is 0.343. The van der Waals surface area contributed by atoms with Crippen molar-refractivity contribution in [3.8, 4) is 11.4 Å². The van der Waals surface area contributed by atoms with Gasteiger partial charge in [-0.05, 0) is 74.5 Å². The van der Waals surface area contributed by atoms with E-state index in [1.54, 1.807) is 37.5 Å². The third-order valence-electron chi connectivity index (χ3n) is 9.09. The van der Waals surface area contributed by atoms with Crippen molar-refractivity contribution in [1.29, 1.82) is 0 Å². The van der Waals surface area contributed by atoms with E-state index in [2.05, 4.69) is 37.2 Å². The summed E-state index contributed by atoms with van der Waals surface area (Å²) in [6.07, 6.45) is 4.25. The first-order valence-electron chi connectivity index (χ1n) is 16.3. The first-order chi connectivity index (χ1) is 24.2. The Kier molecular flexibility index (Phi) is 9.65. The SMILES string of the molecule is CC(=O)C(C)n1cnn(-c2ccc(N3CCN(c4ccc(OC[C@@H]5CO[C@@](Cn6nccn6)(c6ccc(Cl)cc6Cl)O5)cc4)CC3)cc2)c1=O. The Labute approximate surface area is 298 Å². The molecule has 2 fully saturated rings. The normalized spacial score (nSPS) is 19.9. The van der Waals surface area contributed by atoms with E-state index in [1.165, 1.54) is 27.3 Å². The number of benzene rings is 3. The minimum atomic E-state index is -1.19. The summed E-state index contributed by atoms with van der Waals surface area (Å²) >= 11 is 12.7. The van der Waals surface area contributed by atoms with Gasteiger partial charge in [0.25, 0.3) is 0 Å². The number of aromatic nitrogens is 6. The summed E-state index contributed by atoms with van der Waals surface area (Å²) in [5.74, 6) is -0.561. The summed E-state index contributed by atoms with van der Waals surface area (Å²) in [7, 11) is 0. The van der Waals surface area contributed by atoms with Gasteiger partial charge in [0.15, 0.2) is 5.78 Å². The first-order valence-corrected chi connectivity index (χ1v) is 17.1. The fourth-order valence-corrected chi connectivity index (χ4v) is 6.74. The molecule has 0 saturated carbocycles. The molecular weight excluding hydrogens is 683 g/mol. The lowest BCUT2D eigenvalue weighted by atomic mass is 10.1. The number of anilines is 2. The molecule has 0 aliphatic carbocycles. The van der Waals surface area contributed by atoms with Gasteiger partial charge in [-0.1, -0.05) is 29.3 Å². The molecule has 0 N–H and O–H groups in total. The summed E-state index contributed by atoms with van der Waals surface area (Å²) in [4.78, 5) is 30.7. The van der Waals surface area contributed by atoms with Gasteiger partial charge in [0.1, 0.15) is 31.3 Å². The van der Waals surface area contributed by atoms with E-state index in [0.29, 0.717) is 27.9 Å². The summed E-state index contributed by atoms with van der Waals surface area (Å²) < 4.78 is 21.5. The second-order valence-corrected chi connectivity index (χ2v) is 13.1. The molecule has 2 aromatic heterocycles. The molecule has 2 aliphatic rings. The lowest BCUT2D eigenvalue weighted by Gasteiger charge is -2.37. The summed E-state index contributed by atoms with van der Waals surface area (Å²) in [5, 5.41) is 13.6. The number of nitrogens with zero attached hydrogens (tertiary/aromatic N) is 8. The van der Waals surface area contributed by atoms with E-state index in [1.807, 2.05) is 36.4 Å². The molecule has 3 aromatic carbocycles. The van der Waals surface area contributed by atoms with Gasteiger partial charge in [0.05, 0.1) is 35.8 Å². The zero-order valence-corrected chi connectivity index (χ0v) is 29.1. The Morgan fingerprint density at radius 1 is 0.920 bits per heavy atom. The number of piperazine rings is 1. The average Bonchev–Trinajstić information content (AvgIpc) is 3.88. The number of halogens is 2. The largest absolute Gasteiger partial charge is 0.491 e. The predicted molar refractivity (Wildman–Crippen MR) is 189 cm³/mol. The molecule has 13 nitrogen and oxygen atoms in total. The van der Waals surface area contributed by atoms with Crippen LogP contribution in [0.25, 0.3) is 5.69 Å². The maximum atomic E-state index is 12.8. The number of Topliss-reactive ketones (excluding diaryl/α,β-unsaturated/α-hetero) is 1. The molecule has 260 valence electrons. The zero-order chi connectivity index (χ0) is 34.8. The van der Waals surface area contributed by atoms with Gasteiger partial charge in [-0.3, -0.25) is 9.36 Å². The van der Waals surface area contributed by atoms with Gasteiger partial charge in [-0.2, -0.15) is 24.8 Å². The van der Waals surface area contributed by atoms with Crippen molar-refractivity contribution in [2.45, 2.75) is 38.3 Å². The Morgan fingerprint density at radius 2 is 1.54 bits per heavy atom. The van der Waals surface area contributed by atoms with Gasteiger partial charge in [0, 0.05) is 48.1 Å². The first kappa shape index (κ1) is 33.8. The second-order valence-electron chi connectivity index (χ2n) is 12.3. The van der Waals surface area contributed by atoms with Crippen LogP contribution in [0.2, 0.25) is 10.0 Å². The van der Waals surface area contributed by atoms with Crippen LogP contribution in [-0.2, 0) is 26.6 Å². The van der Waals surface area contributed by atoms with Crippen molar-refractivity contribution in [3.05, 3.63) is 112 Å². The molecule has 0 amide bonds. The molecule has 50 heavy (non-hydrogen) atoms. The van der Waals surface area contributed by atoms with E-state index < -0.39 is 11.8 Å². The molecular formula is C35H36Cl2N8O5. The molecule has 2 saturated heterocycles. The Bertz CT molecular complexity index is 1990. The predicted octanol–water partition coefficient (Wildman–Crippen LogP) is 4.76. The molecule has 7 rings (SSSR count).